The molecule has 1 N–H and O–H groups in total. The van der Waals surface area contributed by atoms with Crippen LogP contribution in [0.25, 0.3) is 21.7 Å². The van der Waals surface area contributed by atoms with Gasteiger partial charge in [-0.25, -0.2) is 8.78 Å². The van der Waals surface area contributed by atoms with Gasteiger partial charge in [-0.05, 0) is 53.9 Å². The molecule has 1 aromatic heterocycles. The monoisotopic (exact) mass is 407 g/mol. The number of hydrogen-bond acceptors (Lipinski definition) is 4. The molecule has 29 heavy (non-hydrogen) atoms. The molecule has 144 valence electrons. The summed E-state index contributed by atoms with van der Waals surface area (Å²) in [5.74, 6) is -2.17. The van der Waals surface area contributed by atoms with Gasteiger partial charge in [0.2, 0.25) is 0 Å². The summed E-state index contributed by atoms with van der Waals surface area (Å²) < 4.78 is 26.6. The number of benzene rings is 3. The first kappa shape index (κ1) is 18.9. The van der Waals surface area contributed by atoms with E-state index in [2.05, 4.69) is 21.6 Å². The molecule has 0 saturated carbocycles. The molecular formula is C22H15F2N3OS. The zero-order chi connectivity index (χ0) is 20.4. The number of nitrogens with zero attached hydrogens (tertiary/aromatic N) is 2. The van der Waals surface area contributed by atoms with Crippen molar-refractivity contribution in [3.8, 4) is 21.7 Å². The SMILES string of the molecule is Cc1ccc(-c2nncs2)cc1-c1ccc(NC(=O)c2cc(F)cc(F)c2)cc1. The molecule has 4 nitrogen and oxygen atoms in total. The van der Waals surface area contributed by atoms with Gasteiger partial charge in [-0.15, -0.1) is 10.2 Å². The van der Waals surface area contributed by atoms with Gasteiger partial charge in [-0.2, -0.15) is 0 Å². The summed E-state index contributed by atoms with van der Waals surface area (Å²) in [7, 11) is 0. The van der Waals surface area contributed by atoms with E-state index >= 15 is 0 Å². The summed E-state index contributed by atoms with van der Waals surface area (Å²) in [6.45, 7) is 2.02. The largest absolute Gasteiger partial charge is 0.322 e. The Bertz CT molecular complexity index is 1160. The zero-order valence-electron chi connectivity index (χ0n) is 15.3. The molecular weight excluding hydrogens is 392 g/mol. The van der Waals surface area contributed by atoms with Crippen LogP contribution in [-0.4, -0.2) is 16.1 Å². The van der Waals surface area contributed by atoms with Gasteiger partial charge >= 0.3 is 0 Å². The van der Waals surface area contributed by atoms with Crippen molar-refractivity contribution in [2.45, 2.75) is 6.92 Å². The molecule has 1 heterocycles. The van der Waals surface area contributed by atoms with E-state index in [1.54, 1.807) is 17.6 Å². The van der Waals surface area contributed by atoms with Crippen molar-refractivity contribution in [1.29, 1.82) is 0 Å². The fourth-order valence-corrected chi connectivity index (χ4v) is 3.54. The number of amides is 1. The van der Waals surface area contributed by atoms with Gasteiger partial charge in [0.1, 0.15) is 22.2 Å². The van der Waals surface area contributed by atoms with E-state index in [4.69, 9.17) is 0 Å². The van der Waals surface area contributed by atoms with Gasteiger partial charge in [0.15, 0.2) is 0 Å². The van der Waals surface area contributed by atoms with Crippen LogP contribution in [0.5, 0.6) is 0 Å². The second kappa shape index (κ2) is 7.89. The summed E-state index contributed by atoms with van der Waals surface area (Å²) in [6.07, 6.45) is 0. The smallest absolute Gasteiger partial charge is 0.255 e. The summed E-state index contributed by atoms with van der Waals surface area (Å²) in [5.41, 5.74) is 6.25. The summed E-state index contributed by atoms with van der Waals surface area (Å²) in [4.78, 5) is 12.2. The number of aromatic nitrogens is 2. The van der Waals surface area contributed by atoms with Crippen molar-refractivity contribution in [2.75, 3.05) is 5.32 Å². The Morgan fingerprint density at radius 1 is 0.931 bits per heavy atom. The van der Waals surface area contributed by atoms with Crippen molar-refractivity contribution < 1.29 is 13.6 Å². The molecule has 0 aliphatic rings. The fourth-order valence-electron chi connectivity index (χ4n) is 2.99. The van der Waals surface area contributed by atoms with Crippen LogP contribution in [0.15, 0.2) is 66.2 Å². The Kier molecular flexibility index (Phi) is 5.14. The van der Waals surface area contributed by atoms with E-state index in [1.807, 2.05) is 31.2 Å². The van der Waals surface area contributed by atoms with Crippen LogP contribution in [0.2, 0.25) is 0 Å². The standard InChI is InChI=1S/C22H15F2N3OS/c1-13-2-3-15(22-27-25-12-29-22)10-20(13)14-4-6-19(7-5-14)26-21(28)16-8-17(23)11-18(24)9-16/h2-12H,1H3,(H,26,28). The van der Waals surface area contributed by atoms with Gasteiger partial charge in [0.25, 0.3) is 5.91 Å². The molecule has 0 saturated heterocycles. The Balaban J connectivity index is 1.57. The van der Waals surface area contributed by atoms with Crippen LogP contribution in [0.4, 0.5) is 14.5 Å². The molecule has 0 fully saturated rings. The number of carbonyl (C=O) groups is 1. The molecule has 7 heteroatoms. The third-order valence-corrected chi connectivity index (χ3v) is 5.16. The highest BCUT2D eigenvalue weighted by molar-refractivity contribution is 7.12. The van der Waals surface area contributed by atoms with Gasteiger partial charge < -0.3 is 5.32 Å². The van der Waals surface area contributed by atoms with Crippen LogP contribution in [0.1, 0.15) is 15.9 Å². The number of hydrogen-bond donors (Lipinski definition) is 1. The second-order valence-electron chi connectivity index (χ2n) is 6.46. The van der Waals surface area contributed by atoms with Crippen molar-refractivity contribution in [1.82, 2.24) is 10.2 Å². The molecule has 0 atom stereocenters. The quantitative estimate of drug-likeness (QED) is 0.471. The second-order valence-corrected chi connectivity index (χ2v) is 7.30. The van der Waals surface area contributed by atoms with Crippen LogP contribution in [0, 0.1) is 18.6 Å². The highest BCUT2D eigenvalue weighted by atomic mass is 32.1. The zero-order valence-corrected chi connectivity index (χ0v) is 16.1. The predicted molar refractivity (Wildman–Crippen MR) is 110 cm³/mol. The maximum atomic E-state index is 13.3. The maximum absolute atomic E-state index is 13.3. The van der Waals surface area contributed by atoms with E-state index < -0.39 is 17.5 Å². The Morgan fingerprint density at radius 3 is 2.28 bits per heavy atom. The lowest BCUT2D eigenvalue weighted by Crippen LogP contribution is -2.12. The van der Waals surface area contributed by atoms with Gasteiger partial charge in [-0.1, -0.05) is 35.6 Å². The van der Waals surface area contributed by atoms with Crippen molar-refractivity contribution in [3.63, 3.8) is 0 Å². The molecule has 1 amide bonds. The first-order valence-electron chi connectivity index (χ1n) is 8.75. The number of anilines is 1. The number of carbonyl (C=O) groups excluding carboxylic acids is 1. The lowest BCUT2D eigenvalue weighted by atomic mass is 9.98. The number of nitrogens with one attached hydrogen (secondary N) is 1. The highest BCUT2D eigenvalue weighted by Gasteiger charge is 2.11. The molecule has 4 rings (SSSR count). The molecule has 0 aliphatic carbocycles. The summed E-state index contributed by atoms with van der Waals surface area (Å²) >= 11 is 1.47. The van der Waals surface area contributed by atoms with Crippen LogP contribution < -0.4 is 5.32 Å². The molecule has 0 spiro atoms. The fraction of sp³-hybridized carbons (Fsp3) is 0.0455. The minimum absolute atomic E-state index is 0.0767. The Morgan fingerprint density at radius 2 is 1.62 bits per heavy atom. The maximum Gasteiger partial charge on any atom is 0.255 e. The van der Waals surface area contributed by atoms with E-state index in [1.165, 1.54) is 11.3 Å². The van der Waals surface area contributed by atoms with Gasteiger partial charge in [-0.3, -0.25) is 4.79 Å². The molecule has 0 radical (unpaired) electrons. The van der Waals surface area contributed by atoms with Crippen LogP contribution in [-0.2, 0) is 0 Å². The normalized spacial score (nSPS) is 10.7. The minimum atomic E-state index is -0.795. The van der Waals surface area contributed by atoms with Gasteiger partial charge in [0.05, 0.1) is 0 Å². The van der Waals surface area contributed by atoms with Crippen LogP contribution in [0.3, 0.4) is 0 Å². The minimum Gasteiger partial charge on any atom is -0.322 e. The van der Waals surface area contributed by atoms with Crippen molar-refractivity contribution >= 4 is 22.9 Å². The average molecular weight is 407 g/mol. The van der Waals surface area contributed by atoms with Crippen molar-refractivity contribution in [3.05, 3.63) is 88.9 Å². The third-order valence-electron chi connectivity index (χ3n) is 4.42. The first-order chi connectivity index (χ1) is 14.0. The first-order valence-corrected chi connectivity index (χ1v) is 9.62. The number of aryl methyl sites for hydroxylation is 1. The van der Waals surface area contributed by atoms with E-state index in [9.17, 15) is 13.6 Å². The lowest BCUT2D eigenvalue weighted by molar-refractivity contribution is 0.102. The molecule has 0 aliphatic heterocycles. The molecule has 0 unspecified atom stereocenters. The van der Waals surface area contributed by atoms with Crippen molar-refractivity contribution in [2.24, 2.45) is 0 Å². The van der Waals surface area contributed by atoms with Crippen LogP contribution >= 0.6 is 11.3 Å². The van der Waals surface area contributed by atoms with Gasteiger partial charge in [0, 0.05) is 22.9 Å². The average Bonchev–Trinajstić information content (AvgIpc) is 3.23. The summed E-state index contributed by atoms with van der Waals surface area (Å²) in [6, 6.07) is 16.1. The molecule has 0 bridgehead atoms. The number of rotatable bonds is 4. The summed E-state index contributed by atoms with van der Waals surface area (Å²) in [5, 5.41) is 11.5. The Labute approximate surface area is 169 Å². The Hall–Kier alpha value is -3.45. The molecule has 4 aromatic rings. The number of halogens is 2. The third kappa shape index (κ3) is 4.20. The predicted octanol–water partition coefficient (Wildman–Crippen LogP) is 5.71. The highest BCUT2D eigenvalue weighted by Crippen LogP contribution is 2.30. The van der Waals surface area contributed by atoms with E-state index in [-0.39, 0.29) is 5.56 Å². The van der Waals surface area contributed by atoms with E-state index in [0.717, 1.165) is 45.5 Å². The topological polar surface area (TPSA) is 54.9 Å². The molecule has 3 aromatic carbocycles. The lowest BCUT2D eigenvalue weighted by Gasteiger charge is -2.10. The van der Waals surface area contributed by atoms with E-state index in [0.29, 0.717) is 5.69 Å².